The molecule has 2 rings (SSSR count). The zero-order valence-electron chi connectivity index (χ0n) is 16.0. The minimum absolute atomic E-state index is 0.139. The second-order valence-electron chi connectivity index (χ2n) is 6.49. The van der Waals surface area contributed by atoms with Crippen molar-refractivity contribution < 1.29 is 8.42 Å². The first-order valence-corrected chi connectivity index (χ1v) is 10.8. The third-order valence-electron chi connectivity index (χ3n) is 4.66. The van der Waals surface area contributed by atoms with Crippen LogP contribution in [0.4, 0.5) is 5.69 Å². The highest BCUT2D eigenvalue weighted by molar-refractivity contribution is 7.89. The van der Waals surface area contributed by atoms with Gasteiger partial charge < -0.3 is 15.5 Å². The van der Waals surface area contributed by atoms with Gasteiger partial charge in [0, 0.05) is 52.0 Å². The van der Waals surface area contributed by atoms with Gasteiger partial charge >= 0.3 is 0 Å². The van der Waals surface area contributed by atoms with Crippen molar-refractivity contribution >= 4 is 21.7 Å². The van der Waals surface area contributed by atoms with Gasteiger partial charge in [0.15, 0.2) is 5.96 Å². The van der Waals surface area contributed by atoms with E-state index in [-0.39, 0.29) is 5.75 Å². The molecule has 0 spiro atoms. The van der Waals surface area contributed by atoms with Crippen molar-refractivity contribution in [2.24, 2.45) is 4.99 Å². The van der Waals surface area contributed by atoms with Crippen LogP contribution in [0.2, 0.25) is 0 Å². The number of benzene rings is 1. The van der Waals surface area contributed by atoms with E-state index in [2.05, 4.69) is 44.8 Å². The topological polar surface area (TPSA) is 77.0 Å². The molecule has 7 nitrogen and oxygen atoms in total. The van der Waals surface area contributed by atoms with Crippen LogP contribution in [0, 0.1) is 0 Å². The molecule has 1 aromatic carbocycles. The molecule has 1 saturated heterocycles. The lowest BCUT2D eigenvalue weighted by Gasteiger charge is -2.21. The third kappa shape index (κ3) is 5.88. The Balaban J connectivity index is 1.72. The van der Waals surface area contributed by atoms with Gasteiger partial charge in [0.2, 0.25) is 10.0 Å². The van der Waals surface area contributed by atoms with E-state index in [1.807, 2.05) is 6.07 Å². The average molecular weight is 382 g/mol. The molecular weight excluding hydrogens is 350 g/mol. The van der Waals surface area contributed by atoms with Crippen LogP contribution in [0.25, 0.3) is 0 Å². The Morgan fingerprint density at radius 1 is 1.35 bits per heavy atom. The average Bonchev–Trinajstić information content (AvgIpc) is 3.13. The molecule has 146 valence electrons. The number of sulfonamides is 1. The van der Waals surface area contributed by atoms with Crippen LogP contribution in [-0.2, 0) is 10.0 Å². The molecule has 1 atom stereocenters. The molecule has 2 N–H and O–H groups in total. The monoisotopic (exact) mass is 381 g/mol. The maximum absolute atomic E-state index is 11.7. The van der Waals surface area contributed by atoms with Crippen molar-refractivity contribution in [1.82, 2.24) is 14.9 Å². The van der Waals surface area contributed by atoms with E-state index in [0.717, 1.165) is 31.9 Å². The summed E-state index contributed by atoms with van der Waals surface area (Å²) in [5.74, 6) is 0.908. The Kier molecular flexibility index (Phi) is 7.71. The number of para-hydroxylation sites is 1. The summed E-state index contributed by atoms with van der Waals surface area (Å²) >= 11 is 0. The fourth-order valence-corrected chi connectivity index (χ4v) is 3.86. The normalized spacial score (nSPS) is 18.4. The predicted molar refractivity (Wildman–Crippen MR) is 108 cm³/mol. The second-order valence-corrected chi connectivity index (χ2v) is 8.85. The number of hydrogen-bond acceptors (Lipinski definition) is 4. The summed E-state index contributed by atoms with van der Waals surface area (Å²) in [6.45, 7) is 4.82. The summed E-state index contributed by atoms with van der Waals surface area (Å²) < 4.78 is 24.9. The molecule has 0 radical (unpaired) electrons. The summed E-state index contributed by atoms with van der Waals surface area (Å²) in [6.07, 6.45) is 1.80. The standard InChI is InChI=1S/C18H31N5O2S/c1-4-26(24,25)22(3)13-8-12-20-18(19-2)21-16-11-14-23(15-16)17-9-6-5-7-10-17/h5-7,9-10,16H,4,8,11-15H2,1-3H3,(H2,19,20,21). The van der Waals surface area contributed by atoms with Crippen LogP contribution in [0.15, 0.2) is 35.3 Å². The maximum atomic E-state index is 11.7. The van der Waals surface area contributed by atoms with Crippen molar-refractivity contribution in [2.45, 2.75) is 25.8 Å². The van der Waals surface area contributed by atoms with Crippen LogP contribution >= 0.6 is 0 Å². The zero-order chi connectivity index (χ0) is 19.0. The van der Waals surface area contributed by atoms with Gasteiger partial charge in [-0.1, -0.05) is 18.2 Å². The number of anilines is 1. The molecule has 0 aromatic heterocycles. The smallest absolute Gasteiger partial charge is 0.213 e. The SMILES string of the molecule is CCS(=O)(=O)N(C)CCCNC(=NC)NC1CCN(c2ccccc2)C1. The van der Waals surface area contributed by atoms with E-state index in [1.165, 1.54) is 9.99 Å². The van der Waals surface area contributed by atoms with E-state index in [9.17, 15) is 8.42 Å². The van der Waals surface area contributed by atoms with Crippen molar-refractivity contribution in [3.8, 4) is 0 Å². The summed E-state index contributed by atoms with van der Waals surface area (Å²) in [4.78, 5) is 6.65. The maximum Gasteiger partial charge on any atom is 0.213 e. The van der Waals surface area contributed by atoms with Crippen molar-refractivity contribution in [3.05, 3.63) is 30.3 Å². The molecule has 26 heavy (non-hydrogen) atoms. The van der Waals surface area contributed by atoms with Crippen LogP contribution in [0.3, 0.4) is 0 Å². The highest BCUT2D eigenvalue weighted by Crippen LogP contribution is 2.19. The van der Waals surface area contributed by atoms with E-state index in [1.54, 1.807) is 21.0 Å². The van der Waals surface area contributed by atoms with Gasteiger partial charge in [0.1, 0.15) is 0 Å². The summed E-state index contributed by atoms with van der Waals surface area (Å²) in [6, 6.07) is 10.8. The molecule has 0 amide bonds. The van der Waals surface area contributed by atoms with Gasteiger partial charge in [0.25, 0.3) is 0 Å². The second kappa shape index (κ2) is 9.78. The largest absolute Gasteiger partial charge is 0.369 e. The minimum Gasteiger partial charge on any atom is -0.369 e. The number of nitrogens with one attached hydrogen (secondary N) is 2. The molecule has 8 heteroatoms. The Labute approximate surface area is 157 Å². The first kappa shape index (κ1) is 20.5. The number of aliphatic imine (C=N–C) groups is 1. The summed E-state index contributed by atoms with van der Waals surface area (Å²) in [7, 11) is 0.283. The molecule has 0 aliphatic carbocycles. The highest BCUT2D eigenvalue weighted by Gasteiger charge is 2.23. The quantitative estimate of drug-likeness (QED) is 0.401. The van der Waals surface area contributed by atoms with Crippen molar-refractivity contribution in [2.75, 3.05) is 50.9 Å². The van der Waals surface area contributed by atoms with Crippen molar-refractivity contribution in [3.63, 3.8) is 0 Å². The van der Waals surface area contributed by atoms with Gasteiger partial charge in [-0.2, -0.15) is 0 Å². The minimum atomic E-state index is -3.10. The molecule has 1 aliphatic heterocycles. The molecule has 1 fully saturated rings. The molecular formula is C18H31N5O2S. The van der Waals surface area contributed by atoms with Gasteiger partial charge in [0.05, 0.1) is 5.75 Å². The number of rotatable bonds is 8. The Morgan fingerprint density at radius 3 is 2.73 bits per heavy atom. The molecule has 1 aliphatic rings. The van der Waals surface area contributed by atoms with E-state index >= 15 is 0 Å². The summed E-state index contributed by atoms with van der Waals surface area (Å²) in [5, 5.41) is 6.73. The molecule has 0 bridgehead atoms. The molecule has 0 saturated carbocycles. The molecule has 1 unspecified atom stereocenters. The summed E-state index contributed by atoms with van der Waals surface area (Å²) in [5.41, 5.74) is 1.25. The Hall–Kier alpha value is -1.80. The Morgan fingerprint density at radius 2 is 2.08 bits per heavy atom. The van der Waals surface area contributed by atoms with Gasteiger partial charge in [-0.3, -0.25) is 4.99 Å². The van der Waals surface area contributed by atoms with Gasteiger partial charge in [-0.15, -0.1) is 0 Å². The fraction of sp³-hybridized carbons (Fsp3) is 0.611. The van der Waals surface area contributed by atoms with Crippen molar-refractivity contribution in [1.29, 1.82) is 0 Å². The number of nitrogens with zero attached hydrogens (tertiary/aromatic N) is 3. The number of hydrogen-bond donors (Lipinski definition) is 2. The van der Waals surface area contributed by atoms with Crippen LogP contribution in [0.1, 0.15) is 19.8 Å². The molecule has 1 heterocycles. The lowest BCUT2D eigenvalue weighted by molar-refractivity contribution is 0.461. The van der Waals surface area contributed by atoms with Gasteiger partial charge in [-0.05, 0) is 31.9 Å². The predicted octanol–water partition coefficient (Wildman–Crippen LogP) is 1.10. The van der Waals surface area contributed by atoms with E-state index in [0.29, 0.717) is 19.1 Å². The third-order valence-corrected chi connectivity index (χ3v) is 6.52. The van der Waals surface area contributed by atoms with Crippen LogP contribution < -0.4 is 15.5 Å². The lowest BCUT2D eigenvalue weighted by atomic mass is 10.3. The first-order valence-electron chi connectivity index (χ1n) is 9.17. The van der Waals surface area contributed by atoms with E-state index in [4.69, 9.17) is 0 Å². The number of guanidine groups is 1. The van der Waals surface area contributed by atoms with Crippen LogP contribution in [0.5, 0.6) is 0 Å². The zero-order valence-corrected chi connectivity index (χ0v) is 16.8. The lowest BCUT2D eigenvalue weighted by Crippen LogP contribution is -2.45. The highest BCUT2D eigenvalue weighted by atomic mass is 32.2. The molecule has 1 aromatic rings. The fourth-order valence-electron chi connectivity index (χ4n) is 3.01. The van der Waals surface area contributed by atoms with Gasteiger partial charge in [-0.25, -0.2) is 12.7 Å². The Bertz CT molecular complexity index is 678. The van der Waals surface area contributed by atoms with Crippen LogP contribution in [-0.4, -0.2) is 70.8 Å². The van der Waals surface area contributed by atoms with E-state index < -0.39 is 10.0 Å². The first-order chi connectivity index (χ1) is 12.5.